The van der Waals surface area contributed by atoms with Crippen molar-refractivity contribution >= 4 is 23.9 Å². The average Bonchev–Trinajstić information content (AvgIpc) is 2.93. The van der Waals surface area contributed by atoms with E-state index in [1.807, 2.05) is 24.3 Å². The molecule has 0 unspecified atom stereocenters. The van der Waals surface area contributed by atoms with Gasteiger partial charge in [0.05, 0.1) is 30.5 Å². The van der Waals surface area contributed by atoms with E-state index in [2.05, 4.69) is 16.0 Å². The number of fused-ring (bicyclic) bond motifs is 2. The van der Waals surface area contributed by atoms with Crippen LogP contribution in [0.3, 0.4) is 0 Å². The van der Waals surface area contributed by atoms with Gasteiger partial charge in [-0.3, -0.25) is 9.69 Å². The number of carbonyl (C=O) groups excluding carboxylic acids is 4. The second-order valence-electron chi connectivity index (χ2n) is 7.67. The van der Waals surface area contributed by atoms with Gasteiger partial charge in [0.1, 0.15) is 5.54 Å². The predicted molar refractivity (Wildman–Crippen MR) is 106 cm³/mol. The Kier molecular flexibility index (Phi) is 4.97. The Balaban J connectivity index is 1.69. The molecule has 1 aliphatic carbocycles. The molecule has 9 heteroatoms. The third-order valence-electron chi connectivity index (χ3n) is 5.83. The van der Waals surface area contributed by atoms with Crippen LogP contribution in [-0.4, -0.2) is 48.0 Å². The Morgan fingerprint density at radius 1 is 1.27 bits per heavy atom. The highest BCUT2D eigenvalue weighted by Gasteiger charge is 2.54. The van der Waals surface area contributed by atoms with Crippen molar-refractivity contribution in [2.75, 3.05) is 13.2 Å². The molecule has 3 aliphatic rings. The smallest absolute Gasteiger partial charge is 0.337 e. The van der Waals surface area contributed by atoms with Gasteiger partial charge < -0.3 is 20.7 Å². The summed E-state index contributed by atoms with van der Waals surface area (Å²) in [6.45, 7) is 3.27. The van der Waals surface area contributed by atoms with E-state index in [1.54, 1.807) is 13.8 Å². The standard InChI is InChI=1S/C21H24N4O5/c1-3-30-17(26)16-12(2)22-19(28)23-15(16)11-25-18(27)21(24-20(25)29)10-6-8-13-7-4-5-9-14(13)21/h4-5,7,9,12H,3,6,8,10-11H2,1-2H3,(H,24,29)(H2,22,23,28)/t12-,21+/m0/s1. The van der Waals surface area contributed by atoms with Gasteiger partial charge in [-0.05, 0) is 44.2 Å². The number of esters is 1. The maximum atomic E-state index is 13.5. The summed E-state index contributed by atoms with van der Waals surface area (Å²) in [5, 5.41) is 8.05. The molecule has 4 rings (SSSR count). The molecule has 158 valence electrons. The van der Waals surface area contributed by atoms with E-state index < -0.39 is 29.6 Å². The normalized spacial score (nSPS) is 25.6. The molecule has 9 nitrogen and oxygen atoms in total. The second kappa shape index (κ2) is 7.47. The maximum absolute atomic E-state index is 13.5. The monoisotopic (exact) mass is 412 g/mol. The van der Waals surface area contributed by atoms with Gasteiger partial charge in [-0.25, -0.2) is 14.4 Å². The first kappa shape index (κ1) is 19.9. The summed E-state index contributed by atoms with van der Waals surface area (Å²) in [6.07, 6.45) is 2.11. The van der Waals surface area contributed by atoms with Crippen LogP contribution in [0.25, 0.3) is 0 Å². The molecule has 2 heterocycles. The molecular formula is C21H24N4O5. The van der Waals surface area contributed by atoms with Crippen molar-refractivity contribution in [3.63, 3.8) is 0 Å². The first-order valence-corrected chi connectivity index (χ1v) is 10.1. The summed E-state index contributed by atoms with van der Waals surface area (Å²) in [7, 11) is 0. The third kappa shape index (κ3) is 3.10. The average molecular weight is 412 g/mol. The summed E-state index contributed by atoms with van der Waals surface area (Å²) in [5.74, 6) is -0.979. The first-order chi connectivity index (χ1) is 14.4. The number of nitrogens with one attached hydrogen (secondary N) is 3. The molecule has 2 atom stereocenters. The topological polar surface area (TPSA) is 117 Å². The number of rotatable bonds is 4. The zero-order valence-corrected chi connectivity index (χ0v) is 16.9. The quantitative estimate of drug-likeness (QED) is 0.509. The van der Waals surface area contributed by atoms with Crippen molar-refractivity contribution in [2.24, 2.45) is 0 Å². The molecule has 1 fully saturated rings. The van der Waals surface area contributed by atoms with E-state index >= 15 is 0 Å². The molecule has 0 aromatic heterocycles. The summed E-state index contributed by atoms with van der Waals surface area (Å²) in [6, 6.07) is 5.94. The minimum Gasteiger partial charge on any atom is -0.463 e. The molecular weight excluding hydrogens is 388 g/mol. The van der Waals surface area contributed by atoms with Gasteiger partial charge in [-0.2, -0.15) is 0 Å². The Hall–Kier alpha value is -3.36. The zero-order valence-electron chi connectivity index (χ0n) is 16.9. The molecule has 3 N–H and O–H groups in total. The van der Waals surface area contributed by atoms with E-state index in [9.17, 15) is 19.2 Å². The Labute approximate surface area is 173 Å². The van der Waals surface area contributed by atoms with Crippen molar-refractivity contribution in [1.29, 1.82) is 0 Å². The number of aryl methyl sites for hydroxylation is 1. The summed E-state index contributed by atoms with van der Waals surface area (Å²) >= 11 is 0. The van der Waals surface area contributed by atoms with Crippen LogP contribution in [0.1, 0.15) is 37.8 Å². The van der Waals surface area contributed by atoms with Gasteiger partial charge in [-0.1, -0.05) is 24.3 Å². The van der Waals surface area contributed by atoms with Gasteiger partial charge >= 0.3 is 18.0 Å². The highest BCUT2D eigenvalue weighted by Crippen LogP contribution is 2.40. The summed E-state index contributed by atoms with van der Waals surface area (Å²) in [4.78, 5) is 51.8. The van der Waals surface area contributed by atoms with Gasteiger partial charge in [0, 0.05) is 0 Å². The van der Waals surface area contributed by atoms with Crippen molar-refractivity contribution in [2.45, 2.75) is 44.7 Å². The van der Waals surface area contributed by atoms with Gasteiger partial charge in [0.15, 0.2) is 0 Å². The van der Waals surface area contributed by atoms with Crippen LogP contribution in [0.5, 0.6) is 0 Å². The van der Waals surface area contributed by atoms with Crippen LogP contribution in [0.2, 0.25) is 0 Å². The van der Waals surface area contributed by atoms with Crippen LogP contribution >= 0.6 is 0 Å². The highest BCUT2D eigenvalue weighted by atomic mass is 16.5. The van der Waals surface area contributed by atoms with Crippen LogP contribution in [0, 0.1) is 0 Å². The fourth-order valence-corrected chi connectivity index (χ4v) is 4.52. The van der Waals surface area contributed by atoms with E-state index in [0.717, 1.165) is 28.9 Å². The molecule has 0 saturated carbocycles. The number of benzene rings is 1. The van der Waals surface area contributed by atoms with Crippen LogP contribution in [-0.2, 0) is 26.3 Å². The minimum atomic E-state index is -1.11. The number of ether oxygens (including phenoxy) is 1. The van der Waals surface area contributed by atoms with Crippen molar-refractivity contribution in [3.05, 3.63) is 46.7 Å². The number of carbonyl (C=O) groups is 4. The number of amides is 5. The van der Waals surface area contributed by atoms with Crippen LogP contribution in [0.4, 0.5) is 9.59 Å². The molecule has 30 heavy (non-hydrogen) atoms. The SMILES string of the molecule is CCOC(=O)C1=C(CN2C(=O)N[C@@]3(CCCc4ccccc43)C2=O)NC(=O)N[C@H]1C. The van der Waals surface area contributed by atoms with Crippen molar-refractivity contribution in [1.82, 2.24) is 20.9 Å². The molecule has 1 aromatic carbocycles. The molecule has 1 aromatic rings. The number of imide groups is 1. The fraction of sp³-hybridized carbons (Fsp3) is 0.429. The molecule has 0 bridgehead atoms. The molecule has 2 aliphatic heterocycles. The molecule has 5 amide bonds. The lowest BCUT2D eigenvalue weighted by molar-refractivity contribution is -0.139. The number of nitrogens with zero attached hydrogens (tertiary/aromatic N) is 1. The van der Waals surface area contributed by atoms with E-state index in [1.165, 1.54) is 0 Å². The van der Waals surface area contributed by atoms with Gasteiger partial charge in [-0.15, -0.1) is 0 Å². The second-order valence-corrected chi connectivity index (χ2v) is 7.67. The largest absolute Gasteiger partial charge is 0.463 e. The predicted octanol–water partition coefficient (Wildman–Crippen LogP) is 1.29. The molecule has 1 spiro atoms. The van der Waals surface area contributed by atoms with Gasteiger partial charge in [0.25, 0.3) is 5.91 Å². The van der Waals surface area contributed by atoms with E-state index in [4.69, 9.17) is 4.74 Å². The van der Waals surface area contributed by atoms with Crippen molar-refractivity contribution in [3.8, 4) is 0 Å². The Morgan fingerprint density at radius 3 is 2.80 bits per heavy atom. The van der Waals surface area contributed by atoms with Crippen LogP contribution < -0.4 is 16.0 Å². The number of urea groups is 2. The minimum absolute atomic E-state index is 0.166. The maximum Gasteiger partial charge on any atom is 0.337 e. The first-order valence-electron chi connectivity index (χ1n) is 10.1. The zero-order chi connectivity index (χ0) is 21.5. The van der Waals surface area contributed by atoms with Crippen LogP contribution in [0.15, 0.2) is 35.5 Å². The summed E-state index contributed by atoms with van der Waals surface area (Å²) in [5.41, 5.74) is 1.12. The lowest BCUT2D eigenvalue weighted by atomic mass is 9.76. The van der Waals surface area contributed by atoms with Crippen molar-refractivity contribution < 1.29 is 23.9 Å². The third-order valence-corrected chi connectivity index (χ3v) is 5.83. The Morgan fingerprint density at radius 2 is 2.03 bits per heavy atom. The number of hydrogen-bond acceptors (Lipinski definition) is 5. The van der Waals surface area contributed by atoms with Gasteiger partial charge in [0.2, 0.25) is 0 Å². The molecule has 0 radical (unpaired) electrons. The lowest BCUT2D eigenvalue weighted by Gasteiger charge is -2.33. The summed E-state index contributed by atoms with van der Waals surface area (Å²) < 4.78 is 5.10. The Bertz CT molecular complexity index is 972. The lowest BCUT2D eigenvalue weighted by Crippen LogP contribution is -2.52. The molecule has 1 saturated heterocycles. The van der Waals surface area contributed by atoms with E-state index in [0.29, 0.717) is 6.42 Å². The fourth-order valence-electron chi connectivity index (χ4n) is 4.52. The van der Waals surface area contributed by atoms with E-state index in [-0.39, 0.29) is 30.3 Å². The number of hydrogen-bond donors (Lipinski definition) is 3. The highest BCUT2D eigenvalue weighted by molar-refractivity contribution is 6.08.